The molecule has 0 aliphatic heterocycles. The van der Waals surface area contributed by atoms with Crippen molar-refractivity contribution in [1.29, 1.82) is 0 Å². The van der Waals surface area contributed by atoms with Crippen LogP contribution in [0.4, 0.5) is 0 Å². The van der Waals surface area contributed by atoms with E-state index in [1.165, 1.54) is 0 Å². The summed E-state index contributed by atoms with van der Waals surface area (Å²) >= 11 is -2.45. The molecule has 1 aromatic rings. The molecule has 5 heteroatoms. The van der Waals surface area contributed by atoms with Crippen LogP contribution in [0.5, 0.6) is 5.75 Å². The Bertz CT molecular complexity index is 323. The van der Waals surface area contributed by atoms with Crippen molar-refractivity contribution < 1.29 is 17.7 Å². The van der Waals surface area contributed by atoms with Gasteiger partial charge in [0.2, 0.25) is 0 Å². The molecule has 0 N–H and O–H groups in total. The predicted molar refractivity (Wildman–Crippen MR) is 55.9 cm³/mol. The normalized spacial score (nSPS) is 12.9. The average Bonchev–Trinajstić information content (AvgIpc) is 2.24. The summed E-state index contributed by atoms with van der Waals surface area (Å²) in [5.74, 6) is 0.774. The predicted octanol–water partition coefficient (Wildman–Crippen LogP) is 1.43. The molecule has 0 saturated carbocycles. The van der Waals surface area contributed by atoms with E-state index in [4.69, 9.17) is 4.74 Å². The molecule has 0 heterocycles. The highest BCUT2D eigenvalue weighted by atomic mass is 32.2. The summed E-state index contributed by atoms with van der Waals surface area (Å²) in [7, 11) is 0. The van der Waals surface area contributed by atoms with Gasteiger partial charge >= 0.3 is 0 Å². The maximum Gasteiger partial charge on any atom is 0.119 e. The van der Waals surface area contributed by atoms with Crippen LogP contribution in [-0.2, 0) is 15.5 Å². The Morgan fingerprint density at radius 2 is 1.87 bits per heavy atom. The number of hydrogen-bond acceptors (Lipinski definition) is 4. The first-order valence-electron chi connectivity index (χ1n) is 4.34. The Morgan fingerprint density at radius 1 is 1.20 bits per heavy atom. The second-order valence-electron chi connectivity index (χ2n) is 2.58. The Labute approximate surface area is 91.0 Å². The average molecular weight is 227 g/mol. The quantitative estimate of drug-likeness (QED) is 0.545. The van der Waals surface area contributed by atoms with Gasteiger partial charge in [0, 0.05) is 0 Å². The molecular formula is C10H11O4S-. The Hall–Kier alpha value is -1.17. The standard InChI is InChI=1S/C10H12O4S/c11-15(12)14-9-5-4-8-13-10-6-2-1-3-7-10/h1-7H,8-9H2,(H,11,12)/p-1. The molecule has 15 heavy (non-hydrogen) atoms. The van der Waals surface area contributed by atoms with Crippen molar-refractivity contribution in [1.82, 2.24) is 0 Å². The zero-order valence-corrected chi connectivity index (χ0v) is 8.81. The lowest BCUT2D eigenvalue weighted by molar-refractivity contribution is 0.330. The maximum absolute atomic E-state index is 9.97. The fraction of sp³-hybridized carbons (Fsp3) is 0.200. The fourth-order valence-corrected chi connectivity index (χ4v) is 1.08. The highest BCUT2D eigenvalue weighted by Gasteiger charge is 1.87. The van der Waals surface area contributed by atoms with Crippen LogP contribution in [0.3, 0.4) is 0 Å². The van der Waals surface area contributed by atoms with Crippen molar-refractivity contribution in [3.8, 4) is 5.75 Å². The van der Waals surface area contributed by atoms with E-state index in [1.807, 2.05) is 30.3 Å². The van der Waals surface area contributed by atoms with Gasteiger partial charge in [-0.15, -0.1) is 0 Å². The molecule has 0 aromatic heterocycles. The van der Waals surface area contributed by atoms with E-state index >= 15 is 0 Å². The van der Waals surface area contributed by atoms with Gasteiger partial charge in [0.05, 0.1) is 18.0 Å². The molecule has 1 unspecified atom stereocenters. The van der Waals surface area contributed by atoms with Gasteiger partial charge in [-0.3, -0.25) is 4.18 Å². The molecule has 0 amide bonds. The molecule has 0 aliphatic carbocycles. The number of rotatable bonds is 6. The van der Waals surface area contributed by atoms with Gasteiger partial charge in [-0.1, -0.05) is 24.3 Å². The topological polar surface area (TPSA) is 58.6 Å². The van der Waals surface area contributed by atoms with E-state index in [-0.39, 0.29) is 6.61 Å². The summed E-state index contributed by atoms with van der Waals surface area (Å²) in [6, 6.07) is 9.35. The number of benzene rings is 1. The van der Waals surface area contributed by atoms with E-state index in [1.54, 1.807) is 12.2 Å². The minimum atomic E-state index is -2.45. The second-order valence-corrected chi connectivity index (χ2v) is 3.23. The van der Waals surface area contributed by atoms with Crippen LogP contribution in [-0.4, -0.2) is 22.0 Å². The SMILES string of the molecule is O=S([O-])OCC=CCOc1ccccc1. The van der Waals surface area contributed by atoms with Crippen LogP contribution in [0, 0.1) is 0 Å². The second kappa shape index (κ2) is 7.17. The summed E-state index contributed by atoms with van der Waals surface area (Å²) < 4.78 is 29.5. The summed E-state index contributed by atoms with van der Waals surface area (Å²) in [6.45, 7) is 0.424. The zero-order valence-electron chi connectivity index (χ0n) is 8.00. The van der Waals surface area contributed by atoms with Crippen LogP contribution in [0.15, 0.2) is 42.5 Å². The number of ether oxygens (including phenoxy) is 1. The maximum atomic E-state index is 9.97. The molecule has 1 atom stereocenters. The number of para-hydroxylation sites is 1. The first-order chi connectivity index (χ1) is 7.29. The van der Waals surface area contributed by atoms with Crippen molar-refractivity contribution in [2.45, 2.75) is 0 Å². The van der Waals surface area contributed by atoms with Crippen molar-refractivity contribution in [3.63, 3.8) is 0 Å². The van der Waals surface area contributed by atoms with E-state index in [2.05, 4.69) is 4.18 Å². The van der Waals surface area contributed by atoms with E-state index in [9.17, 15) is 8.76 Å². The zero-order chi connectivity index (χ0) is 10.9. The van der Waals surface area contributed by atoms with Crippen molar-refractivity contribution in [2.75, 3.05) is 13.2 Å². The summed E-state index contributed by atoms with van der Waals surface area (Å²) in [5, 5.41) is 0. The Balaban J connectivity index is 2.14. The molecule has 1 rings (SSSR count). The van der Waals surface area contributed by atoms with Gasteiger partial charge < -0.3 is 9.29 Å². The molecule has 0 spiro atoms. The van der Waals surface area contributed by atoms with E-state index < -0.39 is 11.4 Å². The van der Waals surface area contributed by atoms with Gasteiger partial charge in [0.1, 0.15) is 12.4 Å². The lowest BCUT2D eigenvalue weighted by atomic mass is 10.3. The summed E-state index contributed by atoms with van der Waals surface area (Å²) in [5.41, 5.74) is 0. The monoisotopic (exact) mass is 227 g/mol. The van der Waals surface area contributed by atoms with Crippen LogP contribution in [0.2, 0.25) is 0 Å². The van der Waals surface area contributed by atoms with Crippen molar-refractivity contribution >= 4 is 11.4 Å². The third-order valence-electron chi connectivity index (χ3n) is 1.52. The highest BCUT2D eigenvalue weighted by Crippen LogP contribution is 2.07. The Kier molecular flexibility index (Phi) is 5.69. The third kappa shape index (κ3) is 6.01. The lowest BCUT2D eigenvalue weighted by Gasteiger charge is -2.02. The molecular weight excluding hydrogens is 216 g/mol. The van der Waals surface area contributed by atoms with E-state index in [0.717, 1.165) is 5.75 Å². The summed E-state index contributed by atoms with van der Waals surface area (Å²) in [6.07, 6.45) is 3.28. The number of hydrogen-bond donors (Lipinski definition) is 0. The van der Waals surface area contributed by atoms with Crippen molar-refractivity contribution in [2.24, 2.45) is 0 Å². The van der Waals surface area contributed by atoms with Gasteiger partial charge in [0.25, 0.3) is 0 Å². The lowest BCUT2D eigenvalue weighted by Crippen LogP contribution is -1.96. The van der Waals surface area contributed by atoms with Crippen LogP contribution in [0.1, 0.15) is 0 Å². The third-order valence-corrected chi connectivity index (χ3v) is 1.85. The minimum absolute atomic E-state index is 0.0360. The first kappa shape index (κ1) is 11.9. The smallest absolute Gasteiger partial charge is 0.119 e. The first-order valence-corrected chi connectivity index (χ1v) is 5.34. The van der Waals surface area contributed by atoms with Gasteiger partial charge in [0.15, 0.2) is 0 Å². The minimum Gasteiger partial charge on any atom is -0.750 e. The largest absolute Gasteiger partial charge is 0.750 e. The fourth-order valence-electron chi connectivity index (χ4n) is 0.892. The molecule has 0 saturated heterocycles. The van der Waals surface area contributed by atoms with Crippen molar-refractivity contribution in [3.05, 3.63) is 42.5 Å². The molecule has 0 fully saturated rings. The molecule has 0 aliphatic rings. The molecule has 0 bridgehead atoms. The van der Waals surface area contributed by atoms with Crippen LogP contribution < -0.4 is 4.74 Å². The Morgan fingerprint density at radius 3 is 2.53 bits per heavy atom. The van der Waals surface area contributed by atoms with Gasteiger partial charge in [-0.2, -0.15) is 0 Å². The molecule has 82 valence electrons. The van der Waals surface area contributed by atoms with Gasteiger partial charge in [-0.05, 0) is 18.2 Å². The van der Waals surface area contributed by atoms with Gasteiger partial charge in [-0.25, -0.2) is 4.21 Å². The van der Waals surface area contributed by atoms with Crippen LogP contribution >= 0.6 is 0 Å². The summed E-state index contributed by atoms with van der Waals surface area (Å²) in [4.78, 5) is 0. The van der Waals surface area contributed by atoms with E-state index in [0.29, 0.717) is 6.61 Å². The molecule has 0 radical (unpaired) electrons. The van der Waals surface area contributed by atoms with Crippen LogP contribution in [0.25, 0.3) is 0 Å². The molecule has 4 nitrogen and oxygen atoms in total. The highest BCUT2D eigenvalue weighted by molar-refractivity contribution is 7.74. The molecule has 1 aromatic carbocycles.